The number of hydrogen-bond donors (Lipinski definition) is 2. The molecular weight excluding hydrogens is 298 g/mol. The van der Waals surface area contributed by atoms with Gasteiger partial charge in [-0.15, -0.1) is 0 Å². The zero-order valence-corrected chi connectivity index (χ0v) is 13.5. The molecule has 2 unspecified atom stereocenters. The van der Waals surface area contributed by atoms with Gasteiger partial charge in [0.15, 0.2) is 0 Å². The van der Waals surface area contributed by atoms with Crippen LogP contribution in [0.5, 0.6) is 0 Å². The number of amides is 2. The van der Waals surface area contributed by atoms with E-state index in [0.29, 0.717) is 11.6 Å². The molecule has 0 bridgehead atoms. The molecule has 2 atom stereocenters. The van der Waals surface area contributed by atoms with Gasteiger partial charge in [-0.3, -0.25) is 4.98 Å². The molecule has 0 spiro atoms. The van der Waals surface area contributed by atoms with Crippen LogP contribution in [0.25, 0.3) is 0 Å². The maximum Gasteiger partial charge on any atom is 0.315 e. The summed E-state index contributed by atoms with van der Waals surface area (Å²) in [5.74, 6) is 0.236. The number of pyridine rings is 1. The third-order valence-corrected chi connectivity index (χ3v) is 3.81. The van der Waals surface area contributed by atoms with E-state index in [2.05, 4.69) is 22.5 Å². The molecule has 2 N–H and O–H groups in total. The van der Waals surface area contributed by atoms with Crippen molar-refractivity contribution in [2.75, 3.05) is 6.54 Å². The number of carbonyl (C=O) groups is 1. The third kappa shape index (κ3) is 4.74. The van der Waals surface area contributed by atoms with Gasteiger partial charge in [0.25, 0.3) is 0 Å². The first kappa shape index (κ1) is 16.3. The van der Waals surface area contributed by atoms with Gasteiger partial charge in [0.05, 0.1) is 6.04 Å². The molecule has 0 saturated heterocycles. The molecule has 1 aromatic carbocycles. The van der Waals surface area contributed by atoms with Crippen molar-refractivity contribution in [1.29, 1.82) is 0 Å². The Kier molecular flexibility index (Phi) is 5.78. The van der Waals surface area contributed by atoms with Gasteiger partial charge in [0.1, 0.15) is 0 Å². The maximum atomic E-state index is 12.0. The van der Waals surface area contributed by atoms with E-state index in [-0.39, 0.29) is 18.0 Å². The van der Waals surface area contributed by atoms with Crippen molar-refractivity contribution in [3.63, 3.8) is 0 Å². The smallest absolute Gasteiger partial charge is 0.315 e. The number of rotatable bonds is 5. The molecule has 22 heavy (non-hydrogen) atoms. The summed E-state index contributed by atoms with van der Waals surface area (Å²) in [4.78, 5) is 16.0. The first-order valence-electron chi connectivity index (χ1n) is 7.26. The minimum absolute atomic E-state index is 0.0755. The number of benzene rings is 1. The zero-order chi connectivity index (χ0) is 15.9. The van der Waals surface area contributed by atoms with E-state index < -0.39 is 0 Å². The molecule has 2 amide bonds. The van der Waals surface area contributed by atoms with Gasteiger partial charge in [0.2, 0.25) is 0 Å². The average molecular weight is 318 g/mol. The number of nitrogens with one attached hydrogen (secondary N) is 2. The molecule has 0 saturated carbocycles. The summed E-state index contributed by atoms with van der Waals surface area (Å²) < 4.78 is 0. The Morgan fingerprint density at radius 2 is 1.73 bits per heavy atom. The third-order valence-electron chi connectivity index (χ3n) is 3.56. The molecule has 0 fully saturated rings. The van der Waals surface area contributed by atoms with Gasteiger partial charge in [-0.05, 0) is 48.2 Å². The Bertz CT molecular complexity index is 601. The average Bonchev–Trinajstić information content (AvgIpc) is 2.54. The molecule has 0 aliphatic heterocycles. The van der Waals surface area contributed by atoms with E-state index in [0.717, 1.165) is 11.1 Å². The second-order valence-electron chi connectivity index (χ2n) is 5.31. The van der Waals surface area contributed by atoms with Crippen molar-refractivity contribution in [3.8, 4) is 0 Å². The number of aromatic nitrogens is 1. The molecule has 0 radical (unpaired) electrons. The standard InChI is InChI=1S/C17H20ClN3O/c1-12(14-7-9-19-10-8-14)11-20-17(22)21-13(2)15-3-5-16(18)6-4-15/h3-10,12-13H,11H2,1-2H3,(H2,20,21,22). The van der Waals surface area contributed by atoms with Crippen LogP contribution in [0.2, 0.25) is 5.02 Å². The number of carbonyl (C=O) groups excluding carboxylic acids is 1. The lowest BCUT2D eigenvalue weighted by atomic mass is 10.0. The summed E-state index contributed by atoms with van der Waals surface area (Å²) in [6, 6.07) is 11.1. The van der Waals surface area contributed by atoms with Crippen LogP contribution >= 0.6 is 11.6 Å². The second kappa shape index (κ2) is 7.80. The van der Waals surface area contributed by atoms with Crippen molar-refractivity contribution in [2.24, 2.45) is 0 Å². The normalized spacial score (nSPS) is 13.2. The minimum atomic E-state index is -0.177. The molecule has 116 valence electrons. The number of halogens is 1. The molecule has 1 heterocycles. The molecule has 0 aliphatic rings. The molecular formula is C17H20ClN3O. The van der Waals surface area contributed by atoms with E-state index in [1.165, 1.54) is 0 Å². The van der Waals surface area contributed by atoms with Crippen LogP contribution in [0, 0.1) is 0 Å². The lowest BCUT2D eigenvalue weighted by Crippen LogP contribution is -2.38. The monoisotopic (exact) mass is 317 g/mol. The van der Waals surface area contributed by atoms with Crippen molar-refractivity contribution in [3.05, 3.63) is 64.9 Å². The topological polar surface area (TPSA) is 54.0 Å². The highest BCUT2D eigenvalue weighted by Crippen LogP contribution is 2.16. The molecule has 2 aromatic rings. The first-order chi connectivity index (χ1) is 10.6. The molecule has 0 aliphatic carbocycles. The Morgan fingerprint density at radius 1 is 1.09 bits per heavy atom. The van der Waals surface area contributed by atoms with E-state index >= 15 is 0 Å². The molecule has 2 rings (SSSR count). The Balaban J connectivity index is 1.81. The number of hydrogen-bond acceptors (Lipinski definition) is 2. The summed E-state index contributed by atoms with van der Waals surface area (Å²) in [6.45, 7) is 4.58. The summed E-state index contributed by atoms with van der Waals surface area (Å²) in [6.07, 6.45) is 3.52. The number of urea groups is 1. The fraction of sp³-hybridized carbons (Fsp3) is 0.294. The lowest BCUT2D eigenvalue weighted by Gasteiger charge is -2.17. The fourth-order valence-corrected chi connectivity index (χ4v) is 2.26. The van der Waals surface area contributed by atoms with Crippen LogP contribution in [0.1, 0.15) is 36.9 Å². The Morgan fingerprint density at radius 3 is 2.36 bits per heavy atom. The summed E-state index contributed by atoms with van der Waals surface area (Å²) in [5.41, 5.74) is 2.17. The quantitative estimate of drug-likeness (QED) is 0.878. The highest BCUT2D eigenvalue weighted by molar-refractivity contribution is 6.30. The van der Waals surface area contributed by atoms with Gasteiger partial charge in [-0.2, -0.15) is 0 Å². The van der Waals surface area contributed by atoms with E-state index in [1.807, 2.05) is 43.3 Å². The van der Waals surface area contributed by atoms with Crippen LogP contribution in [0.3, 0.4) is 0 Å². The number of nitrogens with zero attached hydrogens (tertiary/aromatic N) is 1. The van der Waals surface area contributed by atoms with Crippen LogP contribution < -0.4 is 10.6 Å². The molecule has 4 nitrogen and oxygen atoms in total. The maximum absolute atomic E-state index is 12.0. The van der Waals surface area contributed by atoms with Crippen LogP contribution in [0.4, 0.5) is 4.79 Å². The summed E-state index contributed by atoms with van der Waals surface area (Å²) in [5, 5.41) is 6.50. The van der Waals surface area contributed by atoms with E-state index in [9.17, 15) is 4.79 Å². The summed E-state index contributed by atoms with van der Waals surface area (Å²) in [7, 11) is 0. The van der Waals surface area contributed by atoms with Gasteiger partial charge in [0, 0.05) is 24.0 Å². The second-order valence-corrected chi connectivity index (χ2v) is 5.75. The van der Waals surface area contributed by atoms with Gasteiger partial charge in [-0.25, -0.2) is 4.79 Å². The fourth-order valence-electron chi connectivity index (χ4n) is 2.14. The predicted molar refractivity (Wildman–Crippen MR) is 89.1 cm³/mol. The van der Waals surface area contributed by atoms with Gasteiger partial charge in [-0.1, -0.05) is 30.7 Å². The van der Waals surface area contributed by atoms with Crippen LogP contribution in [-0.2, 0) is 0 Å². The van der Waals surface area contributed by atoms with Crippen molar-refractivity contribution in [2.45, 2.75) is 25.8 Å². The Hall–Kier alpha value is -2.07. The zero-order valence-electron chi connectivity index (χ0n) is 12.7. The van der Waals surface area contributed by atoms with E-state index in [4.69, 9.17) is 11.6 Å². The summed E-state index contributed by atoms with van der Waals surface area (Å²) >= 11 is 5.86. The van der Waals surface area contributed by atoms with Crippen LogP contribution in [-0.4, -0.2) is 17.6 Å². The van der Waals surface area contributed by atoms with Crippen molar-refractivity contribution < 1.29 is 4.79 Å². The largest absolute Gasteiger partial charge is 0.338 e. The van der Waals surface area contributed by atoms with Crippen molar-refractivity contribution >= 4 is 17.6 Å². The highest BCUT2D eigenvalue weighted by atomic mass is 35.5. The highest BCUT2D eigenvalue weighted by Gasteiger charge is 2.11. The first-order valence-corrected chi connectivity index (χ1v) is 7.64. The van der Waals surface area contributed by atoms with Gasteiger partial charge >= 0.3 is 6.03 Å². The minimum Gasteiger partial charge on any atom is -0.338 e. The molecule has 1 aromatic heterocycles. The van der Waals surface area contributed by atoms with Crippen molar-refractivity contribution in [1.82, 2.24) is 15.6 Å². The van der Waals surface area contributed by atoms with E-state index in [1.54, 1.807) is 12.4 Å². The molecule has 5 heteroatoms. The Labute approximate surface area is 135 Å². The van der Waals surface area contributed by atoms with Gasteiger partial charge < -0.3 is 10.6 Å². The lowest BCUT2D eigenvalue weighted by molar-refractivity contribution is 0.237. The van der Waals surface area contributed by atoms with Crippen LogP contribution in [0.15, 0.2) is 48.8 Å². The SMILES string of the molecule is CC(CNC(=O)NC(C)c1ccc(Cl)cc1)c1ccncc1. The predicted octanol–water partition coefficient (Wildman–Crippen LogP) is 3.90.